The van der Waals surface area contributed by atoms with Crippen molar-refractivity contribution in [1.82, 2.24) is 4.90 Å². The van der Waals surface area contributed by atoms with Gasteiger partial charge in [0.1, 0.15) is 18.0 Å². The molecule has 1 aromatic rings. The van der Waals surface area contributed by atoms with E-state index in [2.05, 4.69) is 0 Å². The van der Waals surface area contributed by atoms with Gasteiger partial charge in [0, 0.05) is 6.54 Å². The SMILES string of the molecule is CCN(C(=O)c1c(F)cccc1Cl)[C@@H]1COC[C@@H](O)[C@H]1O. The van der Waals surface area contributed by atoms with E-state index in [1.807, 2.05) is 0 Å². The zero-order valence-corrected chi connectivity index (χ0v) is 12.3. The van der Waals surface area contributed by atoms with E-state index in [0.29, 0.717) is 0 Å². The van der Waals surface area contributed by atoms with E-state index in [1.165, 1.54) is 17.0 Å². The minimum Gasteiger partial charge on any atom is -0.388 e. The summed E-state index contributed by atoms with van der Waals surface area (Å²) in [5.74, 6) is -1.36. The highest BCUT2D eigenvalue weighted by molar-refractivity contribution is 6.33. The summed E-state index contributed by atoms with van der Waals surface area (Å²) in [5, 5.41) is 19.7. The van der Waals surface area contributed by atoms with E-state index in [9.17, 15) is 19.4 Å². The van der Waals surface area contributed by atoms with Crippen LogP contribution in [0.2, 0.25) is 5.02 Å². The van der Waals surface area contributed by atoms with Crippen molar-refractivity contribution in [3.8, 4) is 0 Å². The van der Waals surface area contributed by atoms with Gasteiger partial charge in [0.05, 0.1) is 29.8 Å². The fourth-order valence-electron chi connectivity index (χ4n) is 2.41. The van der Waals surface area contributed by atoms with E-state index in [1.54, 1.807) is 6.92 Å². The van der Waals surface area contributed by atoms with Gasteiger partial charge in [-0.25, -0.2) is 4.39 Å². The first-order valence-electron chi connectivity index (χ1n) is 6.66. The number of benzene rings is 1. The van der Waals surface area contributed by atoms with Gasteiger partial charge < -0.3 is 19.8 Å². The third kappa shape index (κ3) is 3.18. The second-order valence-electron chi connectivity index (χ2n) is 4.85. The molecule has 0 aliphatic carbocycles. The van der Waals surface area contributed by atoms with Crippen LogP contribution >= 0.6 is 11.6 Å². The molecule has 1 fully saturated rings. The van der Waals surface area contributed by atoms with Crippen LogP contribution in [-0.2, 0) is 4.74 Å². The van der Waals surface area contributed by atoms with Crippen LogP contribution in [0.25, 0.3) is 0 Å². The van der Waals surface area contributed by atoms with Gasteiger partial charge in [-0.15, -0.1) is 0 Å². The number of aliphatic hydroxyl groups excluding tert-OH is 2. The van der Waals surface area contributed by atoms with E-state index in [0.717, 1.165) is 6.07 Å². The lowest BCUT2D eigenvalue weighted by atomic mass is 10.0. The number of aliphatic hydroxyl groups is 2. The number of hydrogen-bond donors (Lipinski definition) is 2. The lowest BCUT2D eigenvalue weighted by Gasteiger charge is -2.39. The molecule has 3 atom stereocenters. The smallest absolute Gasteiger partial charge is 0.258 e. The number of nitrogens with zero attached hydrogens (tertiary/aromatic N) is 1. The van der Waals surface area contributed by atoms with Crippen LogP contribution in [-0.4, -0.2) is 59.0 Å². The number of carbonyl (C=O) groups excluding carboxylic acids is 1. The first-order valence-corrected chi connectivity index (χ1v) is 7.04. The van der Waals surface area contributed by atoms with Crippen molar-refractivity contribution >= 4 is 17.5 Å². The van der Waals surface area contributed by atoms with Crippen molar-refractivity contribution in [2.24, 2.45) is 0 Å². The molecule has 0 radical (unpaired) electrons. The van der Waals surface area contributed by atoms with Gasteiger partial charge in [-0.05, 0) is 19.1 Å². The Balaban J connectivity index is 2.30. The van der Waals surface area contributed by atoms with E-state index in [4.69, 9.17) is 16.3 Å². The first-order chi connectivity index (χ1) is 9.97. The number of amides is 1. The molecule has 1 aliphatic rings. The number of hydrogen-bond acceptors (Lipinski definition) is 4. The molecule has 21 heavy (non-hydrogen) atoms. The normalized spacial score (nSPS) is 25.7. The molecule has 1 aliphatic heterocycles. The molecule has 1 heterocycles. The Morgan fingerprint density at radius 2 is 2.19 bits per heavy atom. The fraction of sp³-hybridized carbons (Fsp3) is 0.500. The number of ether oxygens (including phenoxy) is 1. The average Bonchev–Trinajstić information content (AvgIpc) is 2.44. The van der Waals surface area contributed by atoms with Gasteiger partial charge in [-0.3, -0.25) is 4.79 Å². The third-order valence-electron chi connectivity index (χ3n) is 3.54. The van der Waals surface area contributed by atoms with E-state index < -0.39 is 30.0 Å². The molecule has 0 aromatic heterocycles. The molecule has 1 saturated heterocycles. The third-order valence-corrected chi connectivity index (χ3v) is 3.86. The largest absolute Gasteiger partial charge is 0.388 e. The highest BCUT2D eigenvalue weighted by Gasteiger charge is 2.38. The van der Waals surface area contributed by atoms with Crippen LogP contribution in [0, 0.1) is 5.82 Å². The second-order valence-corrected chi connectivity index (χ2v) is 5.26. The Kier molecular flexibility index (Phi) is 5.16. The Bertz CT molecular complexity index is 507. The number of rotatable bonds is 3. The predicted molar refractivity (Wildman–Crippen MR) is 74.7 cm³/mol. The summed E-state index contributed by atoms with van der Waals surface area (Å²) >= 11 is 5.90. The van der Waals surface area contributed by atoms with Crippen LogP contribution < -0.4 is 0 Å². The molecule has 0 spiro atoms. The molecule has 116 valence electrons. The van der Waals surface area contributed by atoms with E-state index in [-0.39, 0.29) is 30.3 Å². The zero-order chi connectivity index (χ0) is 15.6. The molecule has 1 aromatic carbocycles. The summed E-state index contributed by atoms with van der Waals surface area (Å²) in [6.07, 6.45) is -2.23. The molecule has 5 nitrogen and oxygen atoms in total. The van der Waals surface area contributed by atoms with Gasteiger partial charge in [-0.1, -0.05) is 17.7 Å². The van der Waals surface area contributed by atoms with Crippen molar-refractivity contribution in [2.75, 3.05) is 19.8 Å². The van der Waals surface area contributed by atoms with E-state index >= 15 is 0 Å². The zero-order valence-electron chi connectivity index (χ0n) is 11.5. The Morgan fingerprint density at radius 3 is 2.81 bits per heavy atom. The second kappa shape index (κ2) is 6.70. The highest BCUT2D eigenvalue weighted by atomic mass is 35.5. The molecular weight excluding hydrogens is 301 g/mol. The topological polar surface area (TPSA) is 70.0 Å². The summed E-state index contributed by atoms with van der Waals surface area (Å²) in [5.41, 5.74) is -0.242. The summed E-state index contributed by atoms with van der Waals surface area (Å²) in [7, 11) is 0. The molecule has 2 N–H and O–H groups in total. The molecule has 0 bridgehead atoms. The lowest BCUT2D eigenvalue weighted by Crippen LogP contribution is -2.57. The van der Waals surface area contributed by atoms with Crippen molar-refractivity contribution in [1.29, 1.82) is 0 Å². The maximum Gasteiger partial charge on any atom is 0.258 e. The van der Waals surface area contributed by atoms with Gasteiger partial charge in [0.15, 0.2) is 0 Å². The van der Waals surface area contributed by atoms with Crippen molar-refractivity contribution in [2.45, 2.75) is 25.2 Å². The van der Waals surface area contributed by atoms with Crippen LogP contribution in [0.3, 0.4) is 0 Å². The minimum absolute atomic E-state index is 0.00384. The standard InChI is InChI=1S/C14H17ClFNO4/c1-2-17(10-6-21-7-11(18)13(10)19)14(20)12-8(15)4-3-5-9(12)16/h3-5,10-11,13,18-19H,2,6-7H2,1H3/t10-,11-,13+/m1/s1. The Morgan fingerprint density at radius 1 is 1.48 bits per heavy atom. The van der Waals surface area contributed by atoms with Gasteiger partial charge in [-0.2, -0.15) is 0 Å². The summed E-state index contributed by atoms with van der Waals surface area (Å²) in [4.78, 5) is 13.8. The number of halogens is 2. The lowest BCUT2D eigenvalue weighted by molar-refractivity contribution is -0.125. The van der Waals surface area contributed by atoms with Gasteiger partial charge >= 0.3 is 0 Å². The maximum atomic E-state index is 13.9. The summed E-state index contributed by atoms with van der Waals surface area (Å²) in [6, 6.07) is 3.23. The quantitative estimate of drug-likeness (QED) is 0.874. The fourth-order valence-corrected chi connectivity index (χ4v) is 2.66. The van der Waals surface area contributed by atoms with Crippen LogP contribution in [0.5, 0.6) is 0 Å². The van der Waals surface area contributed by atoms with Crippen molar-refractivity contribution in [3.05, 3.63) is 34.6 Å². The molecule has 0 saturated carbocycles. The summed E-state index contributed by atoms with van der Waals surface area (Å²) in [6.45, 7) is 2.00. The summed E-state index contributed by atoms with van der Waals surface area (Å²) < 4.78 is 19.0. The number of likely N-dealkylation sites (N-methyl/N-ethyl adjacent to an activating group) is 1. The highest BCUT2D eigenvalue weighted by Crippen LogP contribution is 2.24. The van der Waals surface area contributed by atoms with Crippen LogP contribution in [0.15, 0.2) is 18.2 Å². The monoisotopic (exact) mass is 317 g/mol. The first kappa shape index (κ1) is 16.2. The maximum absolute atomic E-state index is 13.9. The average molecular weight is 318 g/mol. The Labute approximate surface area is 126 Å². The van der Waals surface area contributed by atoms with Crippen LogP contribution in [0.4, 0.5) is 4.39 Å². The molecular formula is C14H17ClFNO4. The Hall–Kier alpha value is -1.21. The molecule has 1 amide bonds. The van der Waals surface area contributed by atoms with Crippen molar-refractivity contribution < 1.29 is 24.1 Å². The van der Waals surface area contributed by atoms with Crippen LogP contribution in [0.1, 0.15) is 17.3 Å². The van der Waals surface area contributed by atoms with Crippen molar-refractivity contribution in [3.63, 3.8) is 0 Å². The molecule has 7 heteroatoms. The van der Waals surface area contributed by atoms with Gasteiger partial charge in [0.2, 0.25) is 0 Å². The van der Waals surface area contributed by atoms with Gasteiger partial charge in [0.25, 0.3) is 5.91 Å². The minimum atomic E-state index is -1.15. The molecule has 0 unspecified atom stereocenters. The molecule has 2 rings (SSSR count). The predicted octanol–water partition coefficient (Wildman–Crippen LogP) is 1.06. The number of carbonyl (C=O) groups is 1.